The zero-order valence-corrected chi connectivity index (χ0v) is 18.8. The number of aromatic nitrogens is 4. The first-order chi connectivity index (χ1) is 16.0. The molecule has 0 fully saturated rings. The Kier molecular flexibility index (Phi) is 5.09. The van der Waals surface area contributed by atoms with E-state index in [-0.39, 0.29) is 0 Å². The van der Waals surface area contributed by atoms with E-state index >= 15 is 0 Å². The molecule has 2 aromatic carbocycles. The first-order valence-corrected chi connectivity index (χ1v) is 11.0. The molecule has 33 heavy (non-hydrogen) atoms. The number of rotatable bonds is 3. The third kappa shape index (κ3) is 3.42. The number of hydrogen-bond donors (Lipinski definition) is 2. The number of nitrogens with zero attached hydrogens (tertiary/aromatic N) is 6. The highest BCUT2D eigenvalue weighted by Crippen LogP contribution is 2.30. The Morgan fingerprint density at radius 1 is 1.03 bits per heavy atom. The van der Waals surface area contributed by atoms with Crippen LogP contribution in [0.15, 0.2) is 65.3 Å². The summed E-state index contributed by atoms with van der Waals surface area (Å²) >= 11 is 0.893. The Morgan fingerprint density at radius 3 is 2.58 bits per heavy atom. The van der Waals surface area contributed by atoms with Crippen LogP contribution < -0.4 is 16.5 Å². The average Bonchev–Trinajstić information content (AvgIpc) is 3.11. The van der Waals surface area contributed by atoms with Crippen LogP contribution in [0.2, 0.25) is 0 Å². The Morgan fingerprint density at radius 2 is 1.85 bits per heavy atom. The minimum absolute atomic E-state index is 0.475. The fraction of sp³-hybridized carbons (Fsp3) is 0.0833. The van der Waals surface area contributed by atoms with Gasteiger partial charge in [0.15, 0.2) is 0 Å². The van der Waals surface area contributed by atoms with Gasteiger partial charge < -0.3 is 10.3 Å². The lowest BCUT2D eigenvalue weighted by Crippen LogP contribution is -2.23. The van der Waals surface area contributed by atoms with E-state index in [2.05, 4.69) is 26.5 Å². The SMILES string of the molecule is Cc1ccc(C#N)cc1-n1/c(=N/SN)n(C)c2cnc3ccc(-c4ccc(N)nc4)cc3c21. The summed E-state index contributed by atoms with van der Waals surface area (Å²) < 4.78 is 8.50. The second-order valence-electron chi connectivity index (χ2n) is 7.70. The lowest BCUT2D eigenvalue weighted by atomic mass is 10.0. The Labute approximate surface area is 194 Å². The van der Waals surface area contributed by atoms with Crippen LogP contribution in [-0.2, 0) is 7.05 Å². The molecule has 8 nitrogen and oxygen atoms in total. The number of nitrogens with two attached hydrogens (primary N) is 2. The van der Waals surface area contributed by atoms with Crippen LogP contribution in [0.3, 0.4) is 0 Å². The van der Waals surface area contributed by atoms with Crippen molar-refractivity contribution in [2.75, 3.05) is 5.73 Å². The van der Waals surface area contributed by atoms with Gasteiger partial charge in [0.25, 0.3) is 0 Å². The van der Waals surface area contributed by atoms with Crippen molar-refractivity contribution in [3.63, 3.8) is 0 Å². The van der Waals surface area contributed by atoms with Crippen LogP contribution in [-0.4, -0.2) is 19.1 Å². The van der Waals surface area contributed by atoms with Crippen LogP contribution in [0.5, 0.6) is 0 Å². The quantitative estimate of drug-likeness (QED) is 0.402. The number of benzene rings is 2. The standard InChI is InChI=1S/C24H20N8S/c1-14-3-4-15(11-25)9-20(14)32-23-18-10-16(17-6-8-22(26)29-12-17)5-7-19(18)28-13-21(23)31(2)24(32)30-33-27/h3-10,12-13H,27H2,1-2H3,(H2,26,29)/b30-24+. The van der Waals surface area contributed by atoms with Gasteiger partial charge in [-0.3, -0.25) is 14.7 Å². The fourth-order valence-corrected chi connectivity index (χ4v) is 4.36. The van der Waals surface area contributed by atoms with E-state index in [0.717, 1.165) is 56.4 Å². The third-order valence-electron chi connectivity index (χ3n) is 5.74. The van der Waals surface area contributed by atoms with Crippen molar-refractivity contribution in [3.05, 3.63) is 77.7 Å². The van der Waals surface area contributed by atoms with Gasteiger partial charge in [-0.05, 0) is 54.4 Å². The van der Waals surface area contributed by atoms with Gasteiger partial charge in [0.2, 0.25) is 5.62 Å². The van der Waals surface area contributed by atoms with Gasteiger partial charge in [0.1, 0.15) is 5.82 Å². The maximum Gasteiger partial charge on any atom is 0.223 e. The molecule has 162 valence electrons. The molecular weight excluding hydrogens is 432 g/mol. The number of hydrogen-bond acceptors (Lipinski definition) is 7. The van der Waals surface area contributed by atoms with Crippen LogP contribution in [0.1, 0.15) is 11.1 Å². The first kappa shape index (κ1) is 20.8. The van der Waals surface area contributed by atoms with E-state index in [1.54, 1.807) is 12.3 Å². The molecule has 9 heteroatoms. The molecule has 0 atom stereocenters. The summed E-state index contributed by atoms with van der Waals surface area (Å²) in [4.78, 5) is 8.91. The van der Waals surface area contributed by atoms with E-state index in [4.69, 9.17) is 10.9 Å². The predicted octanol–water partition coefficient (Wildman–Crippen LogP) is 3.76. The van der Waals surface area contributed by atoms with E-state index < -0.39 is 0 Å². The van der Waals surface area contributed by atoms with Crippen molar-refractivity contribution in [2.45, 2.75) is 6.92 Å². The molecule has 4 N–H and O–H groups in total. The maximum absolute atomic E-state index is 9.51. The molecule has 0 saturated carbocycles. The van der Waals surface area contributed by atoms with Crippen molar-refractivity contribution in [1.82, 2.24) is 19.1 Å². The number of imidazole rings is 1. The molecule has 0 aliphatic heterocycles. The predicted molar refractivity (Wildman–Crippen MR) is 132 cm³/mol. The number of nitrogen functional groups attached to an aromatic ring is 1. The van der Waals surface area contributed by atoms with E-state index in [1.165, 1.54) is 0 Å². The summed E-state index contributed by atoms with van der Waals surface area (Å²) in [5, 5.41) is 16.2. The fourth-order valence-electron chi connectivity index (χ4n) is 4.06. The second kappa shape index (κ2) is 8.09. The monoisotopic (exact) mass is 452 g/mol. The minimum Gasteiger partial charge on any atom is -0.384 e. The zero-order chi connectivity index (χ0) is 23.1. The summed E-state index contributed by atoms with van der Waals surface area (Å²) in [7, 11) is 1.93. The smallest absolute Gasteiger partial charge is 0.223 e. The lowest BCUT2D eigenvalue weighted by molar-refractivity contribution is 0.820. The topological polar surface area (TPSA) is 124 Å². The number of pyridine rings is 2. The molecule has 0 aliphatic rings. The van der Waals surface area contributed by atoms with Gasteiger partial charge in [-0.1, -0.05) is 12.1 Å². The Balaban J connectivity index is 1.93. The molecule has 0 radical (unpaired) electrons. The van der Waals surface area contributed by atoms with Crippen molar-refractivity contribution < 1.29 is 0 Å². The molecule has 0 amide bonds. The zero-order valence-electron chi connectivity index (χ0n) is 18.0. The minimum atomic E-state index is 0.475. The lowest BCUT2D eigenvalue weighted by Gasteiger charge is -2.11. The van der Waals surface area contributed by atoms with Crippen molar-refractivity contribution in [2.24, 2.45) is 16.6 Å². The van der Waals surface area contributed by atoms with Crippen molar-refractivity contribution in [1.29, 1.82) is 5.26 Å². The Bertz CT molecular complexity index is 1640. The Hall–Kier alpha value is -4.13. The summed E-state index contributed by atoms with van der Waals surface area (Å²) in [6, 6.07) is 17.7. The molecule has 0 aliphatic carbocycles. The van der Waals surface area contributed by atoms with Crippen LogP contribution in [0.4, 0.5) is 5.82 Å². The third-order valence-corrected chi connectivity index (χ3v) is 6.01. The van der Waals surface area contributed by atoms with Crippen molar-refractivity contribution >= 4 is 39.9 Å². The van der Waals surface area contributed by atoms with Gasteiger partial charge in [-0.15, -0.1) is 0 Å². The van der Waals surface area contributed by atoms with Gasteiger partial charge in [-0.2, -0.15) is 9.66 Å². The molecule has 3 aromatic heterocycles. The molecule has 0 unspecified atom stereocenters. The average molecular weight is 453 g/mol. The van der Waals surface area contributed by atoms with E-state index in [1.807, 2.05) is 65.7 Å². The summed E-state index contributed by atoms with van der Waals surface area (Å²) in [6.07, 6.45) is 3.60. The molecule has 0 saturated heterocycles. The van der Waals surface area contributed by atoms with Crippen molar-refractivity contribution in [3.8, 4) is 22.9 Å². The highest BCUT2D eigenvalue weighted by atomic mass is 32.2. The second-order valence-corrected chi connectivity index (χ2v) is 8.09. The summed E-state index contributed by atoms with van der Waals surface area (Å²) in [5.74, 6) is 0.475. The highest BCUT2D eigenvalue weighted by Gasteiger charge is 2.17. The summed E-state index contributed by atoms with van der Waals surface area (Å²) in [5.41, 5.74) is 13.5. The molecule has 5 aromatic rings. The number of fused-ring (bicyclic) bond motifs is 3. The van der Waals surface area contributed by atoms with Crippen LogP contribution >= 0.6 is 12.1 Å². The number of anilines is 1. The number of nitriles is 1. The van der Waals surface area contributed by atoms with E-state index in [0.29, 0.717) is 17.0 Å². The van der Waals surface area contributed by atoms with E-state index in [9.17, 15) is 5.26 Å². The maximum atomic E-state index is 9.51. The first-order valence-electron chi connectivity index (χ1n) is 10.1. The number of aryl methyl sites for hydroxylation is 2. The van der Waals surface area contributed by atoms with Gasteiger partial charge in [-0.25, -0.2) is 4.98 Å². The van der Waals surface area contributed by atoms with Gasteiger partial charge in [0.05, 0.1) is 52.2 Å². The molecule has 0 spiro atoms. The largest absolute Gasteiger partial charge is 0.384 e. The molecule has 0 bridgehead atoms. The van der Waals surface area contributed by atoms with Gasteiger partial charge in [0, 0.05) is 24.2 Å². The summed E-state index contributed by atoms with van der Waals surface area (Å²) in [6.45, 7) is 2.01. The normalized spacial score (nSPS) is 11.9. The van der Waals surface area contributed by atoms with Crippen LogP contribution in [0.25, 0.3) is 38.8 Å². The van der Waals surface area contributed by atoms with Crippen LogP contribution in [0, 0.1) is 18.3 Å². The highest BCUT2D eigenvalue weighted by molar-refractivity contribution is 7.95. The molecule has 5 rings (SSSR count). The molecule has 3 heterocycles. The van der Waals surface area contributed by atoms with Gasteiger partial charge >= 0.3 is 0 Å². The molecular formula is C24H20N8S.